The van der Waals surface area contributed by atoms with Crippen LogP contribution in [0.25, 0.3) is 6.08 Å². The Morgan fingerprint density at radius 3 is 2.45 bits per heavy atom. The van der Waals surface area contributed by atoms with Gasteiger partial charge in [-0.15, -0.1) is 0 Å². The Hall–Kier alpha value is -3.85. The van der Waals surface area contributed by atoms with Crippen LogP contribution in [0.3, 0.4) is 0 Å². The molecule has 5 aliphatic rings. The van der Waals surface area contributed by atoms with Crippen LogP contribution in [0, 0.1) is 5.41 Å². The van der Waals surface area contributed by atoms with Crippen LogP contribution in [0.5, 0.6) is 0 Å². The van der Waals surface area contributed by atoms with Crippen molar-refractivity contribution >= 4 is 23.9 Å². The van der Waals surface area contributed by atoms with Gasteiger partial charge in [0.15, 0.2) is 11.8 Å². The number of ether oxygens (including phenoxy) is 4. The van der Waals surface area contributed by atoms with Crippen LogP contribution in [0.2, 0.25) is 0 Å². The summed E-state index contributed by atoms with van der Waals surface area (Å²) in [7, 11) is 0. The van der Waals surface area contributed by atoms with Crippen molar-refractivity contribution in [3.63, 3.8) is 0 Å². The molecule has 0 aromatic heterocycles. The zero-order valence-corrected chi connectivity index (χ0v) is 25.8. The van der Waals surface area contributed by atoms with Gasteiger partial charge in [0, 0.05) is 38.8 Å². The van der Waals surface area contributed by atoms with Crippen LogP contribution in [0.1, 0.15) is 35.1 Å². The highest BCUT2D eigenvalue weighted by Crippen LogP contribution is 2.58. The summed E-state index contributed by atoms with van der Waals surface area (Å²) in [5.41, 5.74) is 2.62. The molecule has 6 unspecified atom stereocenters. The molecular formula is C34H39N3O10. The molecule has 1 spiro atoms. The van der Waals surface area contributed by atoms with E-state index in [1.54, 1.807) is 6.08 Å². The molecule has 47 heavy (non-hydrogen) atoms. The van der Waals surface area contributed by atoms with Crippen LogP contribution < -0.4 is 10.6 Å². The monoisotopic (exact) mass is 649 g/mol. The van der Waals surface area contributed by atoms with Gasteiger partial charge in [0.05, 0.1) is 26.0 Å². The molecule has 2 aromatic carbocycles. The number of aliphatic hydroxyl groups excluding tert-OH is 2. The van der Waals surface area contributed by atoms with Gasteiger partial charge in [-0.3, -0.25) is 19.2 Å². The van der Waals surface area contributed by atoms with Crippen LogP contribution in [0.15, 0.2) is 54.8 Å². The van der Waals surface area contributed by atoms with Gasteiger partial charge in [-0.1, -0.05) is 48.5 Å². The number of benzene rings is 2. The molecule has 2 bridgehead atoms. The summed E-state index contributed by atoms with van der Waals surface area (Å²) < 4.78 is 24.6. The number of nitrogens with zero attached hydrogens (tertiary/aromatic N) is 1. The maximum absolute atomic E-state index is 14.3. The van der Waals surface area contributed by atoms with E-state index in [0.29, 0.717) is 12.8 Å². The van der Waals surface area contributed by atoms with Gasteiger partial charge in [0.2, 0.25) is 11.8 Å². The first-order valence-electron chi connectivity index (χ1n) is 16.1. The molecule has 250 valence electrons. The summed E-state index contributed by atoms with van der Waals surface area (Å²) in [6.45, 7) is 0.307. The number of carbonyl (C=O) groups excluding carboxylic acids is 3. The lowest BCUT2D eigenvalue weighted by Gasteiger charge is -2.48. The molecule has 7 rings (SSSR count). The third-order valence-electron chi connectivity index (χ3n) is 9.67. The molecule has 3 heterocycles. The Balaban J connectivity index is 1.15. The van der Waals surface area contributed by atoms with E-state index >= 15 is 0 Å². The molecule has 1 saturated carbocycles. The standard InChI is InChI=1S/C34H39N3O10/c38-13-12-35-26(40)9-11-36-32(42)34-19-25-27-28(46-33(45-27)17-23-3-1-2-4-24(23)18-33)30(34)47-37(29(34)31(41)44-25)20-22-7-5-21(6-8-22)10-15-43-16-14-39/h1-8,10,15,25,27-30,38-39H,9,11-14,16-20H2,(H,35,40)(H,36,42). The number of hydrogen-bond donors (Lipinski definition) is 4. The minimum absolute atomic E-state index is 0.00840. The minimum Gasteiger partial charge on any atom is -0.499 e. The van der Waals surface area contributed by atoms with Crippen molar-refractivity contribution in [2.75, 3.05) is 32.9 Å². The molecule has 2 amide bonds. The van der Waals surface area contributed by atoms with Crippen molar-refractivity contribution in [2.24, 2.45) is 5.41 Å². The van der Waals surface area contributed by atoms with Gasteiger partial charge in [-0.05, 0) is 28.3 Å². The van der Waals surface area contributed by atoms with Gasteiger partial charge >= 0.3 is 5.97 Å². The highest BCUT2D eigenvalue weighted by Gasteiger charge is 2.76. The van der Waals surface area contributed by atoms with Crippen molar-refractivity contribution < 1.29 is 48.4 Å². The predicted molar refractivity (Wildman–Crippen MR) is 164 cm³/mol. The van der Waals surface area contributed by atoms with Crippen LogP contribution >= 0.6 is 0 Å². The third-order valence-corrected chi connectivity index (χ3v) is 9.67. The highest BCUT2D eigenvalue weighted by atomic mass is 16.8. The number of fused-ring (bicyclic) bond motifs is 5. The highest BCUT2D eigenvalue weighted by molar-refractivity contribution is 5.94. The number of rotatable bonds is 12. The van der Waals surface area contributed by atoms with E-state index in [1.165, 1.54) is 11.3 Å². The molecule has 3 saturated heterocycles. The van der Waals surface area contributed by atoms with Crippen molar-refractivity contribution in [3.05, 3.63) is 77.0 Å². The molecule has 4 N–H and O–H groups in total. The average molecular weight is 650 g/mol. The number of hydroxylamine groups is 2. The molecule has 6 atom stereocenters. The Morgan fingerprint density at radius 2 is 1.72 bits per heavy atom. The maximum Gasteiger partial charge on any atom is 0.327 e. The number of hydrogen-bond acceptors (Lipinski definition) is 11. The lowest BCUT2D eigenvalue weighted by atomic mass is 9.62. The molecule has 13 nitrogen and oxygen atoms in total. The fraction of sp³-hybridized carbons (Fsp3) is 0.500. The Labute approximate surface area is 271 Å². The van der Waals surface area contributed by atoms with E-state index in [0.717, 1.165) is 22.3 Å². The number of carbonyl (C=O) groups is 3. The van der Waals surface area contributed by atoms with E-state index in [1.807, 2.05) is 36.4 Å². The zero-order chi connectivity index (χ0) is 32.6. The number of aliphatic hydroxyl groups is 2. The van der Waals surface area contributed by atoms with E-state index in [-0.39, 0.29) is 58.2 Å². The lowest BCUT2D eigenvalue weighted by molar-refractivity contribution is -0.217. The molecule has 2 aromatic rings. The molecule has 0 radical (unpaired) electrons. The van der Waals surface area contributed by atoms with Crippen molar-refractivity contribution in [2.45, 2.75) is 68.5 Å². The maximum atomic E-state index is 14.3. The first-order chi connectivity index (χ1) is 22.9. The van der Waals surface area contributed by atoms with E-state index in [2.05, 4.69) is 22.8 Å². The summed E-state index contributed by atoms with van der Waals surface area (Å²) in [6.07, 6.45) is 1.67. The van der Waals surface area contributed by atoms with Gasteiger partial charge in [-0.2, -0.15) is 5.06 Å². The summed E-state index contributed by atoms with van der Waals surface area (Å²) in [5, 5.41) is 24.9. The second kappa shape index (κ2) is 13.0. The van der Waals surface area contributed by atoms with Gasteiger partial charge < -0.3 is 39.8 Å². The van der Waals surface area contributed by atoms with E-state index in [9.17, 15) is 14.4 Å². The molecular weight excluding hydrogens is 610 g/mol. The van der Waals surface area contributed by atoms with Crippen molar-refractivity contribution in [1.82, 2.24) is 15.7 Å². The molecule has 3 aliphatic heterocycles. The van der Waals surface area contributed by atoms with Crippen molar-refractivity contribution in [1.29, 1.82) is 0 Å². The molecule has 4 fully saturated rings. The Morgan fingerprint density at radius 1 is 0.979 bits per heavy atom. The summed E-state index contributed by atoms with van der Waals surface area (Å²) in [5.74, 6) is -2.25. The third kappa shape index (κ3) is 5.81. The van der Waals surface area contributed by atoms with E-state index < -0.39 is 53.5 Å². The fourth-order valence-corrected chi connectivity index (χ4v) is 7.66. The van der Waals surface area contributed by atoms with E-state index in [4.69, 9.17) is 34.0 Å². The topological polar surface area (TPSA) is 165 Å². The normalized spacial score (nSPS) is 29.8. The Kier molecular flexibility index (Phi) is 8.76. The summed E-state index contributed by atoms with van der Waals surface area (Å²) >= 11 is 0. The number of nitrogens with one attached hydrogen (secondary N) is 2. The van der Waals surface area contributed by atoms with Gasteiger partial charge in [-0.25, -0.2) is 0 Å². The van der Waals surface area contributed by atoms with Gasteiger partial charge in [0.1, 0.15) is 36.4 Å². The quantitative estimate of drug-likeness (QED) is 0.143. The van der Waals surface area contributed by atoms with Crippen LogP contribution in [-0.2, 0) is 57.6 Å². The predicted octanol–water partition coefficient (Wildman–Crippen LogP) is 0.360. The molecule has 2 aliphatic carbocycles. The summed E-state index contributed by atoms with van der Waals surface area (Å²) in [6, 6.07) is 14.6. The minimum atomic E-state index is -1.35. The number of esters is 1. The first kappa shape index (κ1) is 31.7. The van der Waals surface area contributed by atoms with Crippen molar-refractivity contribution in [3.8, 4) is 0 Å². The first-order valence-corrected chi connectivity index (χ1v) is 16.1. The molecule has 13 heteroatoms. The number of amides is 2. The Bertz CT molecular complexity index is 1510. The average Bonchev–Trinajstić information content (AvgIpc) is 3.74. The largest absolute Gasteiger partial charge is 0.499 e. The summed E-state index contributed by atoms with van der Waals surface area (Å²) in [4.78, 5) is 46.9. The van der Waals surface area contributed by atoms with Gasteiger partial charge in [0.25, 0.3) is 0 Å². The SMILES string of the molecule is O=C(CCNC(=O)C12CC3OC(=O)C1N(Cc1ccc(C=COCCO)cc1)OC2C1OC2(Cc4ccccc4C2)OC31)NCCO. The lowest BCUT2D eigenvalue weighted by Crippen LogP contribution is -2.69. The van der Waals surface area contributed by atoms with Crippen LogP contribution in [0.4, 0.5) is 0 Å². The zero-order valence-electron chi connectivity index (χ0n) is 25.8. The fourth-order valence-electron chi connectivity index (χ4n) is 7.66. The smallest absolute Gasteiger partial charge is 0.327 e. The second-order valence-electron chi connectivity index (χ2n) is 12.6. The van der Waals surface area contributed by atoms with Crippen LogP contribution in [-0.4, -0.2) is 102 Å². The second-order valence-corrected chi connectivity index (χ2v) is 12.6.